The Labute approximate surface area is 172 Å². The lowest BCUT2D eigenvalue weighted by Gasteiger charge is -2.08. The van der Waals surface area contributed by atoms with Crippen molar-refractivity contribution in [2.75, 3.05) is 7.11 Å². The van der Waals surface area contributed by atoms with E-state index in [4.69, 9.17) is 16.3 Å². The van der Waals surface area contributed by atoms with Gasteiger partial charge in [0.1, 0.15) is 11.3 Å². The average Bonchev–Trinajstić information content (AvgIpc) is 3.19. The van der Waals surface area contributed by atoms with Gasteiger partial charge >= 0.3 is 0 Å². The van der Waals surface area contributed by atoms with Crippen LogP contribution in [0.5, 0.6) is 5.75 Å². The Morgan fingerprint density at radius 3 is 2.59 bits per heavy atom. The minimum atomic E-state index is 0.452. The molecule has 5 rings (SSSR count). The van der Waals surface area contributed by atoms with Crippen LogP contribution < -0.4 is 4.74 Å². The minimum Gasteiger partial charge on any atom is -0.497 e. The summed E-state index contributed by atoms with van der Waals surface area (Å²) >= 11 is 6.55. The molecule has 5 aromatic rings. The zero-order valence-electron chi connectivity index (χ0n) is 15.7. The van der Waals surface area contributed by atoms with Crippen LogP contribution >= 0.6 is 11.6 Å². The van der Waals surface area contributed by atoms with Gasteiger partial charge in [0.25, 0.3) is 0 Å². The Kier molecular flexibility index (Phi) is 4.37. The number of benzene rings is 2. The topological polar surface area (TPSA) is 52.8 Å². The van der Waals surface area contributed by atoms with Gasteiger partial charge in [-0.3, -0.25) is 9.67 Å². The molecule has 0 saturated heterocycles. The van der Waals surface area contributed by atoms with Crippen LogP contribution in [0, 0.1) is 0 Å². The van der Waals surface area contributed by atoms with Crippen LogP contribution in [-0.2, 0) is 6.54 Å². The zero-order chi connectivity index (χ0) is 19.8. The monoisotopic (exact) mass is 400 g/mol. The zero-order valence-corrected chi connectivity index (χ0v) is 16.5. The number of halogens is 1. The Hall–Kier alpha value is -3.44. The molecule has 2 aromatic carbocycles. The first-order chi connectivity index (χ1) is 14.2. The number of pyridine rings is 2. The normalized spacial score (nSPS) is 11.2. The fraction of sp³-hybridized carbons (Fsp3) is 0.0870. The summed E-state index contributed by atoms with van der Waals surface area (Å²) < 4.78 is 7.12. The standard InChI is InChI=1S/C23H17ClN4O/c1-29-18-7-4-15(5-8-18)14-28-22-20(13-26-28)19-11-16(17-3-2-10-25-12-17)6-9-21(19)27-23(22)24/h2-13H,14H2,1H3. The number of hydrogen-bond acceptors (Lipinski definition) is 4. The molecule has 0 fully saturated rings. The van der Waals surface area contributed by atoms with Crippen molar-refractivity contribution in [3.63, 3.8) is 0 Å². The lowest BCUT2D eigenvalue weighted by Crippen LogP contribution is -2.02. The van der Waals surface area contributed by atoms with E-state index < -0.39 is 0 Å². The van der Waals surface area contributed by atoms with Crippen molar-refractivity contribution < 1.29 is 4.74 Å². The van der Waals surface area contributed by atoms with Gasteiger partial charge in [0.2, 0.25) is 0 Å². The van der Waals surface area contributed by atoms with Gasteiger partial charge in [-0.2, -0.15) is 5.10 Å². The van der Waals surface area contributed by atoms with Crippen molar-refractivity contribution >= 4 is 33.4 Å². The lowest BCUT2D eigenvalue weighted by atomic mass is 10.0. The van der Waals surface area contributed by atoms with E-state index in [2.05, 4.69) is 21.1 Å². The fourth-order valence-electron chi connectivity index (χ4n) is 3.54. The third kappa shape index (κ3) is 3.19. The molecule has 0 aliphatic carbocycles. The molecule has 0 bridgehead atoms. The van der Waals surface area contributed by atoms with E-state index in [0.717, 1.165) is 44.2 Å². The highest BCUT2D eigenvalue weighted by molar-refractivity contribution is 6.35. The van der Waals surface area contributed by atoms with Crippen molar-refractivity contribution in [2.45, 2.75) is 6.54 Å². The molecule has 5 nitrogen and oxygen atoms in total. The Balaban J connectivity index is 1.62. The van der Waals surface area contributed by atoms with Crippen molar-refractivity contribution in [1.82, 2.24) is 19.7 Å². The molecule has 0 N–H and O–H groups in total. The predicted octanol–water partition coefficient (Wildman–Crippen LogP) is 5.36. The van der Waals surface area contributed by atoms with Crippen LogP contribution in [0.3, 0.4) is 0 Å². The molecule has 3 aromatic heterocycles. The number of methoxy groups -OCH3 is 1. The molecule has 0 atom stereocenters. The number of fused-ring (bicyclic) bond motifs is 3. The molecule has 0 radical (unpaired) electrons. The first kappa shape index (κ1) is 17.6. The molecular weight excluding hydrogens is 384 g/mol. The van der Waals surface area contributed by atoms with Crippen LogP contribution in [0.4, 0.5) is 0 Å². The van der Waals surface area contributed by atoms with Crippen molar-refractivity contribution in [3.05, 3.63) is 83.9 Å². The van der Waals surface area contributed by atoms with Gasteiger partial charge in [0.15, 0.2) is 5.15 Å². The van der Waals surface area contributed by atoms with Crippen molar-refractivity contribution in [3.8, 4) is 16.9 Å². The summed E-state index contributed by atoms with van der Waals surface area (Å²) in [7, 11) is 1.66. The largest absolute Gasteiger partial charge is 0.497 e. The predicted molar refractivity (Wildman–Crippen MR) is 115 cm³/mol. The molecule has 0 aliphatic heterocycles. The van der Waals surface area contributed by atoms with Gasteiger partial charge in [-0.05, 0) is 41.5 Å². The molecule has 0 saturated carbocycles. The third-order valence-corrected chi connectivity index (χ3v) is 5.29. The summed E-state index contributed by atoms with van der Waals surface area (Å²) in [6.07, 6.45) is 5.49. The third-order valence-electron chi connectivity index (χ3n) is 5.03. The first-order valence-corrected chi connectivity index (χ1v) is 9.59. The molecule has 0 amide bonds. The van der Waals surface area contributed by atoms with Crippen LogP contribution in [0.1, 0.15) is 5.56 Å². The summed E-state index contributed by atoms with van der Waals surface area (Å²) in [4.78, 5) is 8.83. The van der Waals surface area contributed by atoms with Gasteiger partial charge in [0.05, 0.1) is 25.4 Å². The number of hydrogen-bond donors (Lipinski definition) is 0. The maximum Gasteiger partial charge on any atom is 0.155 e. The second-order valence-electron chi connectivity index (χ2n) is 6.79. The SMILES string of the molecule is COc1ccc(Cn2ncc3c4cc(-c5cccnc5)ccc4nc(Cl)c32)cc1. The second-order valence-corrected chi connectivity index (χ2v) is 7.15. The van der Waals surface area contributed by atoms with Crippen LogP contribution in [-0.4, -0.2) is 26.9 Å². The highest BCUT2D eigenvalue weighted by Gasteiger charge is 2.14. The highest BCUT2D eigenvalue weighted by atomic mass is 35.5. The number of aromatic nitrogens is 4. The maximum absolute atomic E-state index is 6.55. The van der Waals surface area contributed by atoms with Crippen molar-refractivity contribution in [2.24, 2.45) is 0 Å². The second kappa shape index (κ2) is 7.18. The van der Waals surface area contributed by atoms with E-state index in [1.807, 2.05) is 65.6 Å². The summed E-state index contributed by atoms with van der Waals surface area (Å²) in [6.45, 7) is 0.600. The van der Waals surface area contributed by atoms with Crippen LogP contribution in [0.2, 0.25) is 5.15 Å². The smallest absolute Gasteiger partial charge is 0.155 e. The molecule has 3 heterocycles. The van der Waals surface area contributed by atoms with Crippen LogP contribution in [0.25, 0.3) is 32.9 Å². The van der Waals surface area contributed by atoms with E-state index in [-0.39, 0.29) is 0 Å². The summed E-state index contributed by atoms with van der Waals surface area (Å²) in [5.41, 5.74) is 4.93. The van der Waals surface area contributed by atoms with Gasteiger partial charge in [-0.25, -0.2) is 4.98 Å². The van der Waals surface area contributed by atoms with E-state index in [1.165, 1.54) is 0 Å². The Morgan fingerprint density at radius 1 is 0.966 bits per heavy atom. The van der Waals surface area contributed by atoms with Gasteiger partial charge in [0, 0.05) is 28.7 Å². The van der Waals surface area contributed by atoms with Gasteiger partial charge < -0.3 is 4.74 Å². The van der Waals surface area contributed by atoms with E-state index >= 15 is 0 Å². The highest BCUT2D eigenvalue weighted by Crippen LogP contribution is 2.32. The van der Waals surface area contributed by atoms with E-state index in [1.54, 1.807) is 13.3 Å². The number of rotatable bonds is 4. The molecule has 0 unspecified atom stereocenters. The number of ether oxygens (including phenoxy) is 1. The Bertz CT molecular complexity index is 1310. The summed E-state index contributed by atoms with van der Waals surface area (Å²) in [5.74, 6) is 0.827. The summed E-state index contributed by atoms with van der Waals surface area (Å²) in [6, 6.07) is 18.1. The van der Waals surface area contributed by atoms with E-state index in [9.17, 15) is 0 Å². The van der Waals surface area contributed by atoms with Crippen molar-refractivity contribution in [1.29, 1.82) is 0 Å². The molecule has 29 heavy (non-hydrogen) atoms. The van der Waals surface area contributed by atoms with Gasteiger partial charge in [-0.1, -0.05) is 35.9 Å². The quantitative estimate of drug-likeness (QED) is 0.381. The molecular formula is C23H17ClN4O. The lowest BCUT2D eigenvalue weighted by molar-refractivity contribution is 0.414. The van der Waals surface area contributed by atoms with Crippen LogP contribution in [0.15, 0.2) is 73.2 Å². The summed E-state index contributed by atoms with van der Waals surface area (Å²) in [5, 5.41) is 7.05. The van der Waals surface area contributed by atoms with E-state index in [0.29, 0.717) is 11.7 Å². The minimum absolute atomic E-state index is 0.452. The molecule has 0 spiro atoms. The first-order valence-electron chi connectivity index (χ1n) is 9.21. The molecule has 0 aliphatic rings. The molecule has 6 heteroatoms. The fourth-order valence-corrected chi connectivity index (χ4v) is 3.84. The molecule has 142 valence electrons. The van der Waals surface area contributed by atoms with Gasteiger partial charge in [-0.15, -0.1) is 0 Å². The Morgan fingerprint density at radius 2 is 1.83 bits per heavy atom. The number of nitrogens with zero attached hydrogens (tertiary/aromatic N) is 4. The average molecular weight is 401 g/mol. The maximum atomic E-state index is 6.55.